The highest BCUT2D eigenvalue weighted by molar-refractivity contribution is 5.95. The molecule has 42 nitrogen and oxygen atoms in total. The zero-order chi connectivity index (χ0) is 93.1. The zero-order valence-corrected chi connectivity index (χ0v) is 75.8. The lowest BCUT2D eigenvalue weighted by Crippen LogP contribution is -2.64. The minimum atomic E-state index is -1.46. The summed E-state index contributed by atoms with van der Waals surface area (Å²) in [5, 5.41) is 125. The summed E-state index contributed by atoms with van der Waals surface area (Å²) in [5.41, 5.74) is 0.465. The van der Waals surface area contributed by atoms with Crippen LogP contribution in [0.15, 0.2) is 12.1 Å². The van der Waals surface area contributed by atoms with E-state index in [1.165, 1.54) is 32.9 Å². The molecule has 3 aliphatic heterocycles. The van der Waals surface area contributed by atoms with Gasteiger partial charge in [0.05, 0.1) is 210 Å². The van der Waals surface area contributed by atoms with Gasteiger partial charge < -0.3 is 182 Å². The number of benzene rings is 1. The van der Waals surface area contributed by atoms with Crippen molar-refractivity contribution in [1.82, 2.24) is 26.6 Å². The van der Waals surface area contributed by atoms with Crippen LogP contribution in [0.3, 0.4) is 0 Å². The molecule has 7 fully saturated rings. The van der Waals surface area contributed by atoms with Crippen LogP contribution in [0, 0.1) is 46.3 Å². The molecule has 0 spiro atoms. The molecular formula is C87H149N5O37. The van der Waals surface area contributed by atoms with Gasteiger partial charge in [-0.25, -0.2) is 0 Å². The van der Waals surface area contributed by atoms with Gasteiger partial charge in [0.2, 0.25) is 29.4 Å². The topological polar surface area (TPSA) is 562 Å². The van der Waals surface area contributed by atoms with Crippen molar-refractivity contribution in [3.8, 4) is 17.2 Å². The molecule has 25 atom stereocenters. The lowest BCUT2D eigenvalue weighted by molar-refractivity contribution is -0.272. The molecule has 744 valence electrons. The summed E-state index contributed by atoms with van der Waals surface area (Å²) in [6.45, 7) is 13.2. The number of aliphatic hydroxyl groups excluding tert-OH is 11. The van der Waals surface area contributed by atoms with Crippen molar-refractivity contribution in [3.63, 3.8) is 0 Å². The van der Waals surface area contributed by atoms with Crippen LogP contribution >= 0.6 is 0 Å². The first kappa shape index (κ1) is 109. The van der Waals surface area contributed by atoms with Crippen molar-refractivity contribution < 1.29 is 180 Å². The number of aliphatic hydroxyl groups is 11. The van der Waals surface area contributed by atoms with Gasteiger partial charge in [-0.2, -0.15) is 0 Å². The molecule has 0 bridgehead atoms. The van der Waals surface area contributed by atoms with Crippen molar-refractivity contribution in [2.45, 2.75) is 210 Å². The third kappa shape index (κ3) is 34.5. The van der Waals surface area contributed by atoms with E-state index >= 15 is 0 Å². The van der Waals surface area contributed by atoms with Crippen molar-refractivity contribution in [2.24, 2.45) is 46.3 Å². The number of carbonyl (C=O) groups is 5. The molecule has 7 aliphatic rings. The minimum absolute atomic E-state index is 0.00499. The Kier molecular flexibility index (Phi) is 49.9. The second-order valence-electron chi connectivity index (χ2n) is 34.1. The van der Waals surface area contributed by atoms with E-state index in [9.17, 15) is 80.1 Å². The van der Waals surface area contributed by atoms with Crippen molar-refractivity contribution in [3.05, 3.63) is 17.7 Å². The third-order valence-electron chi connectivity index (χ3n) is 25.4. The minimum Gasteiger partial charge on any atom is -0.487 e. The monoisotopic (exact) mass is 1860 g/mol. The first-order chi connectivity index (χ1) is 62.3. The van der Waals surface area contributed by atoms with E-state index < -0.39 is 135 Å². The molecule has 3 heterocycles. The molecule has 1 aromatic carbocycles. The first-order valence-electron chi connectivity index (χ1n) is 45.7. The number of fused-ring (bicyclic) bond motifs is 5. The maximum absolute atomic E-state index is 14.1. The smallest absolute Gasteiger partial charge is 0.251 e. The third-order valence-corrected chi connectivity index (χ3v) is 25.4. The van der Waals surface area contributed by atoms with Gasteiger partial charge in [0.15, 0.2) is 30.4 Å². The fraction of sp³-hybridized carbons (Fsp3) is 0.874. The van der Waals surface area contributed by atoms with Gasteiger partial charge in [0.25, 0.3) is 5.91 Å². The Morgan fingerprint density at radius 2 is 0.783 bits per heavy atom. The lowest BCUT2D eigenvalue weighted by atomic mass is 9.43. The fourth-order valence-electron chi connectivity index (χ4n) is 18.9. The number of hydrogen-bond acceptors (Lipinski definition) is 37. The molecule has 16 N–H and O–H groups in total. The highest BCUT2D eigenvalue weighted by atomic mass is 16.7. The molecule has 5 amide bonds. The summed E-state index contributed by atoms with van der Waals surface area (Å²) in [7, 11) is 0. The molecule has 24 unspecified atom stereocenters. The van der Waals surface area contributed by atoms with Gasteiger partial charge in [-0.05, 0) is 116 Å². The van der Waals surface area contributed by atoms with E-state index in [1.807, 2.05) is 0 Å². The maximum atomic E-state index is 14.1. The molecule has 3 saturated heterocycles. The normalized spacial score (nSPS) is 31.0. The fourth-order valence-corrected chi connectivity index (χ4v) is 18.9. The van der Waals surface area contributed by atoms with Crippen LogP contribution in [0.1, 0.15) is 116 Å². The van der Waals surface area contributed by atoms with E-state index in [2.05, 4.69) is 47.4 Å². The second-order valence-corrected chi connectivity index (χ2v) is 34.1. The van der Waals surface area contributed by atoms with Gasteiger partial charge in [0.1, 0.15) is 92.9 Å². The van der Waals surface area contributed by atoms with Crippen LogP contribution in [-0.2, 0) is 104 Å². The quantitative estimate of drug-likeness (QED) is 0.0292. The number of ether oxygens (including phenoxy) is 21. The Labute approximate surface area is 755 Å². The highest BCUT2D eigenvalue weighted by Crippen LogP contribution is 2.69. The van der Waals surface area contributed by atoms with Gasteiger partial charge in [0, 0.05) is 45.8 Å². The standard InChI is InChI=1S/C87H149N5O37/c1-54(61-8-9-62-71-63(12-14-87(61,62)6)86(5)13-11-60(100)49-59(86)50-64(71)120-20-17-93)7-10-70(101)88-15-18-109-21-22-110-19-16-89-82(108)58-47-65(121-41-35-114-29-23-111-26-32-117-38-44-124-83-72(90-55(2)97)78(105)75(102)67(51-94)127-83)81(123-43-37-116-31-25-113-28-34-119-40-46-126-85-74(92-57(4)99)80(107)77(104)69(53-96)129-85)66(48-58)122-42-36-115-30-24-112-27-33-118-39-45-125-84-73(91-56(3)98)79(106)76(103)68(52-95)128-84/h47-48,54,59-64,67-69,71-80,83-85,93-96,100,102-107H,7-46,49-53H2,1-6H3,(H,88,101)(H,89,108)(H,90,97)(H,91,98)(H,92,99)/t54-,59?,60?,61?,62?,63?,64?,67?,68?,69?,71?,72?,73?,74?,75?,76?,77?,78?,79?,80?,83?,84?,85?,86?,87?/m1/s1. The molecule has 129 heavy (non-hydrogen) atoms. The Morgan fingerprint density at radius 1 is 0.419 bits per heavy atom. The Hall–Kier alpha value is -5.19. The van der Waals surface area contributed by atoms with Crippen LogP contribution in [0.25, 0.3) is 0 Å². The highest BCUT2D eigenvalue weighted by Gasteiger charge is 2.64. The molecule has 8 rings (SSSR count). The summed E-state index contributed by atoms with van der Waals surface area (Å²) in [4.78, 5) is 62.8. The van der Waals surface area contributed by atoms with Crippen LogP contribution in [0.2, 0.25) is 0 Å². The van der Waals surface area contributed by atoms with Crippen molar-refractivity contribution >= 4 is 29.5 Å². The molecular weight excluding hydrogens is 1710 g/mol. The summed E-state index contributed by atoms with van der Waals surface area (Å²) < 4.78 is 122. The van der Waals surface area contributed by atoms with Gasteiger partial charge in [-0.3, -0.25) is 24.0 Å². The molecule has 1 aromatic rings. The van der Waals surface area contributed by atoms with Gasteiger partial charge in [-0.1, -0.05) is 20.8 Å². The van der Waals surface area contributed by atoms with Gasteiger partial charge in [-0.15, -0.1) is 0 Å². The summed E-state index contributed by atoms with van der Waals surface area (Å²) in [6, 6.07) is -0.283. The Bertz CT molecular complexity index is 3240. The summed E-state index contributed by atoms with van der Waals surface area (Å²) >= 11 is 0. The molecule has 4 saturated carbocycles. The predicted molar refractivity (Wildman–Crippen MR) is 453 cm³/mol. The predicted octanol–water partition coefficient (Wildman–Crippen LogP) is -2.84. The molecule has 0 aromatic heterocycles. The SMILES string of the molecule is CC(=O)NC1C(OCCOCCOCCOCCOc2cc(C(=O)NCCOCCOCCNC(=O)CC[C@@H](C)C3CCC4C5C(OCCO)CC6CC(O)CCC6(C)C5CCC43C)cc(OCCOCCOCCOCCOC3OC(CO)C(O)C(O)C3NC(C)=O)c2OCCOCCOCCOCCOC2OC(CO)C(O)C(O)C2NC(C)=O)OC(CO)C(O)C1O. The Balaban J connectivity index is 0.791. The maximum Gasteiger partial charge on any atom is 0.251 e. The average Bonchev–Trinajstić information content (AvgIpc) is 1.68. The van der Waals surface area contributed by atoms with Crippen molar-refractivity contribution in [2.75, 3.05) is 231 Å². The van der Waals surface area contributed by atoms with E-state index in [-0.39, 0.29) is 250 Å². The summed E-state index contributed by atoms with van der Waals surface area (Å²) in [5.74, 6) is 1.14. The second kappa shape index (κ2) is 59.0. The summed E-state index contributed by atoms with van der Waals surface area (Å²) in [6.07, 6.45) is -6.37. The lowest BCUT2D eigenvalue weighted by Gasteiger charge is -2.63. The average molecular weight is 1860 g/mol. The molecule has 42 heteroatoms. The number of hydrogen-bond donors (Lipinski definition) is 16. The van der Waals surface area contributed by atoms with Crippen LogP contribution in [-0.4, -0.2) is 421 Å². The number of carbonyl (C=O) groups excluding carboxylic acids is 5. The number of nitrogens with one attached hydrogen (secondary N) is 5. The van der Waals surface area contributed by atoms with E-state index in [4.69, 9.17) is 99.5 Å². The largest absolute Gasteiger partial charge is 0.487 e. The zero-order valence-electron chi connectivity index (χ0n) is 75.8. The van der Waals surface area contributed by atoms with Crippen LogP contribution < -0.4 is 40.8 Å². The van der Waals surface area contributed by atoms with E-state index in [1.54, 1.807) is 0 Å². The van der Waals surface area contributed by atoms with Crippen LogP contribution in [0.4, 0.5) is 0 Å². The molecule has 4 aliphatic carbocycles. The van der Waals surface area contributed by atoms with Gasteiger partial charge >= 0.3 is 0 Å². The number of amides is 5. The van der Waals surface area contributed by atoms with Crippen molar-refractivity contribution in [1.29, 1.82) is 0 Å². The van der Waals surface area contributed by atoms with E-state index in [0.29, 0.717) is 55.1 Å². The Morgan fingerprint density at radius 3 is 1.18 bits per heavy atom. The van der Waals surface area contributed by atoms with Crippen LogP contribution in [0.5, 0.6) is 17.2 Å². The molecule has 0 radical (unpaired) electrons. The first-order valence-corrected chi connectivity index (χ1v) is 45.7. The number of rotatable bonds is 65. The van der Waals surface area contributed by atoms with E-state index in [0.717, 1.165) is 57.8 Å².